The summed E-state index contributed by atoms with van der Waals surface area (Å²) in [4.78, 5) is 37.0. The van der Waals surface area contributed by atoms with Gasteiger partial charge >= 0.3 is 17.9 Å². The summed E-state index contributed by atoms with van der Waals surface area (Å²) in [6.45, 7) is 4.46. The van der Waals surface area contributed by atoms with Crippen molar-refractivity contribution in [2.75, 3.05) is 41.0 Å². The first-order valence-electron chi connectivity index (χ1n) is 22.9. The number of allylic oxidation sites excluding steroid dienone is 18. The highest BCUT2D eigenvalue weighted by molar-refractivity contribution is 5.72. The summed E-state index contributed by atoms with van der Waals surface area (Å²) >= 11 is 0. The van der Waals surface area contributed by atoms with E-state index in [1.807, 2.05) is 33.3 Å². The van der Waals surface area contributed by atoms with Crippen LogP contribution in [-0.4, -0.2) is 80.6 Å². The van der Waals surface area contributed by atoms with E-state index in [1.54, 1.807) is 0 Å². The van der Waals surface area contributed by atoms with Crippen LogP contribution in [0.5, 0.6) is 0 Å². The molecule has 2 atom stereocenters. The van der Waals surface area contributed by atoms with Crippen molar-refractivity contribution in [2.24, 2.45) is 0 Å². The second-order valence-corrected chi connectivity index (χ2v) is 15.9. The molecule has 338 valence electrons. The first-order chi connectivity index (χ1) is 29.1. The van der Waals surface area contributed by atoms with Gasteiger partial charge in [-0.2, -0.15) is 0 Å². The van der Waals surface area contributed by atoms with Gasteiger partial charge in [-0.15, -0.1) is 0 Å². The van der Waals surface area contributed by atoms with Gasteiger partial charge in [0.2, 0.25) is 0 Å². The molecule has 0 aromatic rings. The normalized spacial score (nSPS) is 13.9. The molecule has 0 rings (SSSR count). The molecule has 60 heavy (non-hydrogen) atoms. The van der Waals surface area contributed by atoms with Crippen molar-refractivity contribution in [2.45, 2.75) is 161 Å². The van der Waals surface area contributed by atoms with Gasteiger partial charge in [-0.05, 0) is 83.5 Å². The molecule has 1 N–H and O–H groups in total. The molecular weight excluding hydrogens is 751 g/mol. The zero-order valence-corrected chi connectivity index (χ0v) is 38.4. The summed E-state index contributed by atoms with van der Waals surface area (Å²) < 4.78 is 17.1. The SMILES string of the molecule is CC/C=C/C/C=C/C/C=C/C/C=C/C/C=C/C/C=C/CCC(=O)OCC(COCCC(C(=O)O)[N+](C)(C)C)OC(=O)CCC/C=C/C/C=C/C/C=C/CCCCCCCC. The molecule has 0 radical (unpaired) electrons. The highest BCUT2D eigenvalue weighted by Crippen LogP contribution is 2.11. The van der Waals surface area contributed by atoms with E-state index in [4.69, 9.17) is 14.2 Å². The lowest BCUT2D eigenvalue weighted by Crippen LogP contribution is -2.50. The second kappa shape index (κ2) is 41.7. The number of nitrogens with zero attached hydrogens (tertiary/aromatic N) is 1. The first kappa shape index (κ1) is 56.0. The molecular formula is C52H84NO7+. The van der Waals surface area contributed by atoms with Crippen LogP contribution >= 0.6 is 0 Å². The Balaban J connectivity index is 4.55. The lowest BCUT2D eigenvalue weighted by Gasteiger charge is -2.31. The van der Waals surface area contributed by atoms with Crippen molar-refractivity contribution in [3.8, 4) is 0 Å². The number of hydrogen-bond donors (Lipinski definition) is 1. The fourth-order valence-electron chi connectivity index (χ4n) is 5.90. The standard InChI is InChI=1S/C52H83NO7/c1-6-8-10-12-14-16-18-20-22-24-25-27-28-30-32-34-36-38-40-42-50(54)59-47-48(46-58-45-44-49(52(56)57)53(3,4)5)60-51(55)43-41-39-37-35-33-31-29-26-23-21-19-17-15-13-11-9-7-2/h8,10,14,16,20-23,25,27,29-32,35-38,48-49H,6-7,9,11-13,15,17-19,24,26,28,33-34,39-47H2,1-5H3/p+1/b10-8+,16-14+,22-20+,23-21+,27-25+,31-29+,32-30+,37-35+,38-36+. The number of carbonyl (C=O) groups excluding carboxylic acids is 2. The van der Waals surface area contributed by atoms with E-state index in [0.717, 1.165) is 64.2 Å². The van der Waals surface area contributed by atoms with E-state index in [1.165, 1.54) is 38.5 Å². The van der Waals surface area contributed by atoms with Gasteiger partial charge in [0.15, 0.2) is 12.1 Å². The zero-order valence-electron chi connectivity index (χ0n) is 38.4. The average Bonchev–Trinajstić information content (AvgIpc) is 3.21. The quantitative estimate of drug-likeness (QED) is 0.0285. The van der Waals surface area contributed by atoms with Crippen LogP contribution in [0.2, 0.25) is 0 Å². The lowest BCUT2D eigenvalue weighted by atomic mass is 10.1. The van der Waals surface area contributed by atoms with Crippen LogP contribution in [0.3, 0.4) is 0 Å². The van der Waals surface area contributed by atoms with Crippen LogP contribution < -0.4 is 0 Å². The molecule has 0 aromatic heterocycles. The van der Waals surface area contributed by atoms with E-state index >= 15 is 0 Å². The number of ether oxygens (including phenoxy) is 3. The third-order valence-electron chi connectivity index (χ3n) is 9.42. The topological polar surface area (TPSA) is 99.1 Å². The number of carboxylic acid groups (broad SMARTS) is 1. The molecule has 0 saturated carbocycles. The largest absolute Gasteiger partial charge is 0.477 e. The maximum atomic E-state index is 12.7. The molecule has 0 fully saturated rings. The van der Waals surface area contributed by atoms with Gasteiger partial charge in [0.05, 0.1) is 34.4 Å². The van der Waals surface area contributed by atoms with Gasteiger partial charge in [-0.3, -0.25) is 9.59 Å². The summed E-state index contributed by atoms with van der Waals surface area (Å²) in [5.74, 6) is -1.66. The number of esters is 2. The predicted octanol–water partition coefficient (Wildman–Crippen LogP) is 12.9. The Morgan fingerprint density at radius 2 is 0.967 bits per heavy atom. The molecule has 0 aliphatic heterocycles. The fraction of sp³-hybridized carbons (Fsp3) is 0.596. The molecule has 8 heteroatoms. The molecule has 0 bridgehead atoms. The summed E-state index contributed by atoms with van der Waals surface area (Å²) in [6, 6.07) is -0.641. The van der Waals surface area contributed by atoms with Crippen molar-refractivity contribution < 1.29 is 38.2 Å². The van der Waals surface area contributed by atoms with Gasteiger partial charge in [-0.1, -0.05) is 155 Å². The number of aliphatic carboxylic acids is 1. The minimum atomic E-state index is -0.897. The first-order valence-corrected chi connectivity index (χ1v) is 22.9. The lowest BCUT2D eigenvalue weighted by molar-refractivity contribution is -0.887. The summed E-state index contributed by atoms with van der Waals surface area (Å²) in [5.41, 5.74) is 0. The van der Waals surface area contributed by atoms with Gasteiger partial charge in [0, 0.05) is 19.3 Å². The molecule has 0 amide bonds. The average molecular weight is 835 g/mol. The monoisotopic (exact) mass is 835 g/mol. The minimum absolute atomic E-state index is 0.0100. The van der Waals surface area contributed by atoms with Crippen LogP contribution in [0.25, 0.3) is 0 Å². The van der Waals surface area contributed by atoms with Gasteiger partial charge in [-0.25, -0.2) is 4.79 Å². The number of unbranched alkanes of at least 4 members (excludes halogenated alkanes) is 7. The number of carboxylic acids is 1. The highest BCUT2D eigenvalue weighted by Gasteiger charge is 2.31. The number of hydrogen-bond acceptors (Lipinski definition) is 6. The van der Waals surface area contributed by atoms with Gasteiger partial charge < -0.3 is 23.8 Å². The maximum absolute atomic E-state index is 12.7. The molecule has 0 heterocycles. The van der Waals surface area contributed by atoms with Gasteiger partial charge in [0.1, 0.15) is 6.61 Å². The van der Waals surface area contributed by atoms with Crippen molar-refractivity contribution in [1.29, 1.82) is 0 Å². The molecule has 0 aliphatic carbocycles. The third-order valence-corrected chi connectivity index (χ3v) is 9.42. The summed E-state index contributed by atoms with van der Waals surface area (Å²) in [7, 11) is 5.48. The molecule has 8 nitrogen and oxygen atoms in total. The third kappa shape index (κ3) is 39.5. The number of likely N-dealkylation sites (N-methyl/N-ethyl adjacent to an activating group) is 1. The maximum Gasteiger partial charge on any atom is 0.362 e. The van der Waals surface area contributed by atoms with Crippen molar-refractivity contribution in [3.05, 3.63) is 109 Å². The molecule has 0 saturated heterocycles. The zero-order chi connectivity index (χ0) is 44.2. The Bertz CT molecular complexity index is 1340. The predicted molar refractivity (Wildman–Crippen MR) is 252 cm³/mol. The Morgan fingerprint density at radius 1 is 0.517 bits per heavy atom. The van der Waals surface area contributed by atoms with Crippen LogP contribution in [0.1, 0.15) is 149 Å². The number of rotatable bonds is 39. The van der Waals surface area contributed by atoms with E-state index in [0.29, 0.717) is 19.3 Å². The Kier molecular flexibility index (Phi) is 38.9. The molecule has 0 aromatic carbocycles. The molecule has 0 spiro atoms. The summed E-state index contributed by atoms with van der Waals surface area (Å²) in [6.07, 6.45) is 57.3. The highest BCUT2D eigenvalue weighted by atomic mass is 16.6. The number of carbonyl (C=O) groups is 3. The van der Waals surface area contributed by atoms with E-state index in [9.17, 15) is 19.5 Å². The van der Waals surface area contributed by atoms with Crippen LogP contribution in [0.4, 0.5) is 0 Å². The Morgan fingerprint density at radius 3 is 1.45 bits per heavy atom. The van der Waals surface area contributed by atoms with Crippen LogP contribution in [-0.2, 0) is 28.6 Å². The van der Waals surface area contributed by atoms with Crippen molar-refractivity contribution >= 4 is 17.9 Å². The fourth-order valence-corrected chi connectivity index (χ4v) is 5.90. The van der Waals surface area contributed by atoms with E-state index in [2.05, 4.69) is 111 Å². The van der Waals surface area contributed by atoms with Gasteiger partial charge in [0.25, 0.3) is 0 Å². The van der Waals surface area contributed by atoms with E-state index < -0.39 is 18.1 Å². The Labute approximate surface area is 366 Å². The van der Waals surface area contributed by atoms with Crippen LogP contribution in [0.15, 0.2) is 109 Å². The molecule has 0 aliphatic rings. The van der Waals surface area contributed by atoms with Crippen molar-refractivity contribution in [3.63, 3.8) is 0 Å². The number of quaternary nitrogens is 1. The van der Waals surface area contributed by atoms with Crippen molar-refractivity contribution in [1.82, 2.24) is 0 Å². The molecule has 2 unspecified atom stereocenters. The Hall–Kier alpha value is -4.01. The van der Waals surface area contributed by atoms with Crippen LogP contribution in [0, 0.1) is 0 Å². The minimum Gasteiger partial charge on any atom is -0.477 e. The smallest absolute Gasteiger partial charge is 0.362 e. The van der Waals surface area contributed by atoms with E-state index in [-0.39, 0.29) is 49.1 Å². The second-order valence-electron chi connectivity index (χ2n) is 15.9. The summed E-state index contributed by atoms with van der Waals surface area (Å²) in [5, 5.41) is 9.62.